The topological polar surface area (TPSA) is 18.5 Å². The monoisotopic (exact) mass is 232 g/mol. The minimum Gasteiger partial charge on any atom is -0.454 e. The number of allylic oxidation sites excluding steroid dienone is 2. The fourth-order valence-corrected chi connectivity index (χ4v) is 1.92. The average Bonchev–Trinajstić information content (AvgIpc) is 2.81. The normalized spacial score (nSPS) is 13.5. The van der Waals surface area contributed by atoms with Crippen molar-refractivity contribution in [1.82, 2.24) is 0 Å². The fraction of sp³-hybridized carbons (Fsp3) is 0.467. The van der Waals surface area contributed by atoms with Crippen molar-refractivity contribution in [2.75, 3.05) is 6.79 Å². The van der Waals surface area contributed by atoms with E-state index in [1.165, 1.54) is 31.2 Å². The molecule has 0 aliphatic carbocycles. The second kappa shape index (κ2) is 6.33. The largest absolute Gasteiger partial charge is 0.454 e. The molecule has 1 aromatic rings. The van der Waals surface area contributed by atoms with Crippen LogP contribution in [0, 0.1) is 0 Å². The molecule has 0 N–H and O–H groups in total. The van der Waals surface area contributed by atoms with Gasteiger partial charge in [0.05, 0.1) is 0 Å². The molecule has 0 saturated heterocycles. The minimum absolute atomic E-state index is 0.353. The van der Waals surface area contributed by atoms with Gasteiger partial charge >= 0.3 is 0 Å². The third-order valence-corrected chi connectivity index (χ3v) is 2.93. The van der Waals surface area contributed by atoms with Crippen LogP contribution in [0.15, 0.2) is 30.4 Å². The van der Waals surface area contributed by atoms with E-state index in [-0.39, 0.29) is 0 Å². The molecule has 2 rings (SSSR count). The van der Waals surface area contributed by atoms with Gasteiger partial charge in [0.2, 0.25) is 6.79 Å². The number of rotatable bonds is 6. The molecule has 0 saturated carbocycles. The molecule has 92 valence electrons. The lowest BCUT2D eigenvalue weighted by molar-refractivity contribution is 0.174. The molecule has 1 heterocycles. The lowest BCUT2D eigenvalue weighted by Gasteiger charge is -1.99. The molecule has 0 atom stereocenters. The highest BCUT2D eigenvalue weighted by Crippen LogP contribution is 2.32. The lowest BCUT2D eigenvalue weighted by Crippen LogP contribution is -1.92. The van der Waals surface area contributed by atoms with E-state index in [9.17, 15) is 0 Å². The molecule has 0 spiro atoms. The Hall–Kier alpha value is -1.44. The first kappa shape index (κ1) is 12.0. The summed E-state index contributed by atoms with van der Waals surface area (Å²) in [6.07, 6.45) is 10.6. The Kier molecular flexibility index (Phi) is 4.48. The summed E-state index contributed by atoms with van der Waals surface area (Å²) in [5.41, 5.74) is 1.28. The molecule has 2 nitrogen and oxygen atoms in total. The maximum atomic E-state index is 5.35. The van der Waals surface area contributed by atoms with Crippen LogP contribution in [0.25, 0.3) is 0 Å². The van der Waals surface area contributed by atoms with Crippen LogP contribution in [-0.2, 0) is 6.42 Å². The van der Waals surface area contributed by atoms with Gasteiger partial charge in [-0.25, -0.2) is 0 Å². The number of hydrogen-bond acceptors (Lipinski definition) is 2. The van der Waals surface area contributed by atoms with E-state index in [1.807, 2.05) is 6.07 Å². The van der Waals surface area contributed by atoms with Crippen LogP contribution in [0.3, 0.4) is 0 Å². The number of unbranched alkanes of at least 4 members (excludes halogenated alkanes) is 3. The smallest absolute Gasteiger partial charge is 0.231 e. The van der Waals surface area contributed by atoms with Crippen molar-refractivity contribution in [3.05, 3.63) is 35.9 Å². The van der Waals surface area contributed by atoms with Crippen molar-refractivity contribution in [2.24, 2.45) is 0 Å². The molecule has 0 bridgehead atoms. The second-order valence-electron chi connectivity index (χ2n) is 4.36. The summed E-state index contributed by atoms with van der Waals surface area (Å²) in [5.74, 6) is 1.74. The third kappa shape index (κ3) is 3.52. The Labute approximate surface area is 103 Å². The van der Waals surface area contributed by atoms with Crippen LogP contribution in [0.5, 0.6) is 11.5 Å². The molecule has 0 radical (unpaired) electrons. The molecule has 0 amide bonds. The van der Waals surface area contributed by atoms with E-state index < -0.39 is 0 Å². The summed E-state index contributed by atoms with van der Waals surface area (Å²) in [4.78, 5) is 0. The predicted octanol–water partition coefficient (Wildman–Crippen LogP) is 4.09. The van der Waals surface area contributed by atoms with Gasteiger partial charge in [-0.05, 0) is 37.0 Å². The molecule has 0 fully saturated rings. The molecule has 1 aromatic carbocycles. The van der Waals surface area contributed by atoms with E-state index in [2.05, 4.69) is 31.2 Å². The molecule has 1 aliphatic rings. The maximum Gasteiger partial charge on any atom is 0.231 e. The summed E-state index contributed by atoms with van der Waals surface area (Å²) >= 11 is 0. The maximum absolute atomic E-state index is 5.35. The third-order valence-electron chi connectivity index (χ3n) is 2.93. The lowest BCUT2D eigenvalue weighted by atomic mass is 10.1. The van der Waals surface area contributed by atoms with Gasteiger partial charge in [0, 0.05) is 0 Å². The van der Waals surface area contributed by atoms with Gasteiger partial charge in [-0.3, -0.25) is 0 Å². The molecular formula is C15H20O2. The average molecular weight is 232 g/mol. The van der Waals surface area contributed by atoms with Crippen molar-refractivity contribution in [1.29, 1.82) is 0 Å². The van der Waals surface area contributed by atoms with Gasteiger partial charge in [-0.2, -0.15) is 0 Å². The Bertz CT molecular complexity index is 383. The number of fused-ring (bicyclic) bond motifs is 1. The SMILES string of the molecule is CCCCCC=CCc1ccc2c(c1)OCO2. The van der Waals surface area contributed by atoms with Crippen molar-refractivity contribution in [3.63, 3.8) is 0 Å². The van der Waals surface area contributed by atoms with Crippen LogP contribution in [0.1, 0.15) is 38.2 Å². The summed E-state index contributed by atoms with van der Waals surface area (Å²) in [5, 5.41) is 0. The zero-order valence-electron chi connectivity index (χ0n) is 10.4. The molecule has 0 unspecified atom stereocenters. The highest BCUT2D eigenvalue weighted by molar-refractivity contribution is 5.44. The van der Waals surface area contributed by atoms with E-state index in [0.29, 0.717) is 6.79 Å². The Morgan fingerprint density at radius 2 is 2.00 bits per heavy atom. The fourth-order valence-electron chi connectivity index (χ4n) is 1.92. The summed E-state index contributed by atoms with van der Waals surface area (Å²) < 4.78 is 10.6. The molecule has 17 heavy (non-hydrogen) atoms. The van der Waals surface area contributed by atoms with Crippen LogP contribution in [0.2, 0.25) is 0 Å². The zero-order valence-corrected chi connectivity index (χ0v) is 10.4. The summed E-state index contributed by atoms with van der Waals surface area (Å²) in [7, 11) is 0. The van der Waals surface area contributed by atoms with E-state index in [0.717, 1.165) is 17.9 Å². The quantitative estimate of drug-likeness (QED) is 0.543. The minimum atomic E-state index is 0.353. The molecule has 0 aromatic heterocycles. The first-order valence-corrected chi connectivity index (χ1v) is 6.43. The van der Waals surface area contributed by atoms with Gasteiger partial charge in [0.25, 0.3) is 0 Å². The van der Waals surface area contributed by atoms with Gasteiger partial charge in [-0.15, -0.1) is 0 Å². The summed E-state index contributed by atoms with van der Waals surface area (Å²) in [6.45, 7) is 2.59. The van der Waals surface area contributed by atoms with E-state index in [1.54, 1.807) is 0 Å². The van der Waals surface area contributed by atoms with Crippen LogP contribution in [0.4, 0.5) is 0 Å². The highest BCUT2D eigenvalue weighted by Gasteiger charge is 2.12. The Balaban J connectivity index is 1.79. The number of ether oxygens (including phenoxy) is 2. The van der Waals surface area contributed by atoms with E-state index >= 15 is 0 Å². The number of hydrogen-bond donors (Lipinski definition) is 0. The van der Waals surface area contributed by atoms with Crippen molar-refractivity contribution < 1.29 is 9.47 Å². The van der Waals surface area contributed by atoms with Gasteiger partial charge < -0.3 is 9.47 Å². The standard InChI is InChI=1S/C15H20O2/c1-2-3-4-5-6-7-8-13-9-10-14-15(11-13)17-12-16-14/h6-7,9-11H,2-5,8,12H2,1H3. The van der Waals surface area contributed by atoms with Crippen LogP contribution >= 0.6 is 0 Å². The first-order valence-electron chi connectivity index (χ1n) is 6.43. The Morgan fingerprint density at radius 1 is 1.12 bits per heavy atom. The Morgan fingerprint density at radius 3 is 2.88 bits per heavy atom. The van der Waals surface area contributed by atoms with Crippen molar-refractivity contribution >= 4 is 0 Å². The predicted molar refractivity (Wildman–Crippen MR) is 69.6 cm³/mol. The van der Waals surface area contributed by atoms with Gasteiger partial charge in [0.15, 0.2) is 11.5 Å². The summed E-state index contributed by atoms with van der Waals surface area (Å²) in [6, 6.07) is 6.16. The van der Waals surface area contributed by atoms with Crippen molar-refractivity contribution in [3.8, 4) is 11.5 Å². The van der Waals surface area contributed by atoms with Gasteiger partial charge in [-0.1, -0.05) is 38.0 Å². The first-order chi connectivity index (χ1) is 8.40. The molecule has 1 aliphatic heterocycles. The zero-order chi connectivity index (χ0) is 11.9. The van der Waals surface area contributed by atoms with Crippen LogP contribution in [-0.4, -0.2) is 6.79 Å². The molecular weight excluding hydrogens is 212 g/mol. The number of benzene rings is 1. The highest BCUT2D eigenvalue weighted by atomic mass is 16.7. The van der Waals surface area contributed by atoms with Crippen molar-refractivity contribution in [2.45, 2.75) is 39.0 Å². The van der Waals surface area contributed by atoms with E-state index in [4.69, 9.17) is 9.47 Å². The van der Waals surface area contributed by atoms with Gasteiger partial charge in [0.1, 0.15) is 0 Å². The van der Waals surface area contributed by atoms with Crippen LogP contribution < -0.4 is 9.47 Å². The molecule has 2 heteroatoms. The second-order valence-corrected chi connectivity index (χ2v) is 4.36.